The zero-order valence-electron chi connectivity index (χ0n) is 13.9. The first-order valence-electron chi connectivity index (χ1n) is 7.87. The molecule has 2 unspecified atom stereocenters. The van der Waals surface area contributed by atoms with E-state index in [-0.39, 0.29) is 25.1 Å². The van der Waals surface area contributed by atoms with E-state index in [0.29, 0.717) is 0 Å². The summed E-state index contributed by atoms with van der Waals surface area (Å²) < 4.78 is 41.1. The number of nitrogens with zero attached hydrogens (tertiary/aromatic N) is 2. The lowest BCUT2D eigenvalue weighted by molar-refractivity contribution is -0.137. The summed E-state index contributed by atoms with van der Waals surface area (Å²) in [6.45, 7) is -3.01. The second kappa shape index (κ2) is 6.90. The van der Waals surface area contributed by atoms with Gasteiger partial charge in [0.1, 0.15) is 10.4 Å². The van der Waals surface area contributed by atoms with E-state index in [4.69, 9.17) is 34.8 Å². The third-order valence-corrected chi connectivity index (χ3v) is 6.39. The predicted molar refractivity (Wildman–Crippen MR) is 94.2 cm³/mol. The van der Waals surface area contributed by atoms with Crippen LogP contribution in [0.15, 0.2) is 18.2 Å². The highest BCUT2D eigenvalue weighted by atomic mass is 35.5. The Labute approximate surface area is 167 Å². The molecular formula is C16H14Cl3F3N2O3. The molecule has 0 spiro atoms. The first-order valence-corrected chi connectivity index (χ1v) is 9.01. The largest absolute Gasteiger partial charge is 0.432 e. The Bertz CT molecular complexity index is 795. The Morgan fingerprint density at radius 2 is 2.00 bits per heavy atom. The topological polar surface area (TPSA) is 49.9 Å². The average molecular weight is 446 g/mol. The Morgan fingerprint density at radius 1 is 1.37 bits per heavy atom. The lowest BCUT2D eigenvalue weighted by Crippen LogP contribution is -2.47. The molecule has 1 saturated heterocycles. The van der Waals surface area contributed by atoms with E-state index in [2.05, 4.69) is 4.74 Å². The summed E-state index contributed by atoms with van der Waals surface area (Å²) >= 11 is 18.0. The minimum absolute atomic E-state index is 0.0603. The summed E-state index contributed by atoms with van der Waals surface area (Å²) in [5.74, 6) is -2.69. The molecule has 2 atom stereocenters. The molecule has 0 N–H and O–H groups in total. The van der Waals surface area contributed by atoms with Crippen molar-refractivity contribution in [1.29, 1.82) is 0 Å². The highest BCUT2D eigenvalue weighted by molar-refractivity contribution is 6.62. The lowest BCUT2D eigenvalue weighted by atomic mass is 10.2. The minimum atomic E-state index is -3.20. The van der Waals surface area contributed by atoms with Gasteiger partial charge in [0.05, 0.1) is 0 Å². The van der Waals surface area contributed by atoms with Crippen molar-refractivity contribution >= 4 is 52.3 Å². The van der Waals surface area contributed by atoms with E-state index < -0.39 is 45.2 Å². The quantitative estimate of drug-likeness (QED) is 0.652. The molecule has 2 amide bonds. The number of halogens is 6. The number of hydrogen-bond acceptors (Lipinski definition) is 3. The number of benzene rings is 1. The normalized spacial score (nSPS) is 26.4. The number of ether oxygens (including phenoxy) is 1. The Hall–Kier alpha value is -1.38. The maximum Gasteiger partial charge on any atom is 0.387 e. The van der Waals surface area contributed by atoms with Crippen LogP contribution in [0.3, 0.4) is 0 Å². The van der Waals surface area contributed by atoms with Crippen LogP contribution >= 0.6 is 34.8 Å². The molecule has 1 heterocycles. The number of hydrogen-bond donors (Lipinski definition) is 0. The van der Waals surface area contributed by atoms with E-state index in [1.165, 1.54) is 22.9 Å². The minimum Gasteiger partial charge on any atom is -0.432 e. The number of amides is 2. The van der Waals surface area contributed by atoms with Crippen LogP contribution in [0, 0.1) is 5.82 Å². The van der Waals surface area contributed by atoms with Crippen LogP contribution in [0.25, 0.3) is 0 Å². The predicted octanol–water partition coefficient (Wildman–Crippen LogP) is 3.55. The van der Waals surface area contributed by atoms with E-state index in [1.807, 2.05) is 0 Å². The van der Waals surface area contributed by atoms with Crippen LogP contribution in [0.1, 0.15) is 12.8 Å². The maximum atomic E-state index is 13.6. The zero-order chi connectivity index (χ0) is 20.1. The van der Waals surface area contributed by atoms with Gasteiger partial charge in [-0.25, -0.2) is 4.39 Å². The standard InChI is InChI=1S/C16H14Cl3F3N2O3/c1-23(13(26)15(17)7-16(15,18)19)10-4-5-24(12(10)25)8-2-3-9(20)11(6-8)27-14(21)22/h2-3,6,10,14H,4-5,7H2,1H3. The third-order valence-electron chi connectivity index (χ3n) is 4.67. The SMILES string of the molecule is CN(C(=O)C1(Cl)CC1(Cl)Cl)C1CCN(c2ccc(F)c(OC(F)F)c2)C1=O. The first-order chi connectivity index (χ1) is 12.5. The molecule has 0 aromatic heterocycles. The second-order valence-corrected chi connectivity index (χ2v) is 8.52. The van der Waals surface area contributed by atoms with Gasteiger partial charge in [0.25, 0.3) is 0 Å². The lowest BCUT2D eigenvalue weighted by Gasteiger charge is -2.26. The second-order valence-electron chi connectivity index (χ2n) is 6.39. The summed E-state index contributed by atoms with van der Waals surface area (Å²) in [5.41, 5.74) is 0.177. The van der Waals surface area contributed by atoms with Crippen molar-refractivity contribution in [2.75, 3.05) is 18.5 Å². The van der Waals surface area contributed by atoms with Gasteiger partial charge < -0.3 is 14.5 Å². The number of likely N-dealkylation sites (N-methyl/N-ethyl adjacent to an activating group) is 1. The van der Waals surface area contributed by atoms with Crippen LogP contribution in [-0.2, 0) is 9.59 Å². The van der Waals surface area contributed by atoms with Crippen molar-refractivity contribution in [2.24, 2.45) is 0 Å². The van der Waals surface area contributed by atoms with Crippen LogP contribution < -0.4 is 9.64 Å². The molecule has 11 heteroatoms. The smallest absolute Gasteiger partial charge is 0.387 e. The van der Waals surface area contributed by atoms with Gasteiger partial charge in [0.2, 0.25) is 11.8 Å². The summed E-state index contributed by atoms with van der Waals surface area (Å²) in [5, 5.41) is 0. The number of carbonyl (C=O) groups excluding carboxylic acids is 2. The fourth-order valence-electron chi connectivity index (χ4n) is 3.04. The zero-order valence-corrected chi connectivity index (χ0v) is 16.2. The first kappa shape index (κ1) is 20.4. The number of carbonyl (C=O) groups is 2. The molecule has 0 bridgehead atoms. The highest BCUT2D eigenvalue weighted by Gasteiger charge is 2.72. The van der Waals surface area contributed by atoms with Crippen LogP contribution in [-0.4, -0.2) is 52.2 Å². The Morgan fingerprint density at radius 3 is 2.56 bits per heavy atom. The van der Waals surface area contributed by atoms with E-state index in [9.17, 15) is 22.8 Å². The Kier molecular flexibility index (Phi) is 5.20. The molecule has 27 heavy (non-hydrogen) atoms. The fraction of sp³-hybridized carbons (Fsp3) is 0.500. The number of rotatable bonds is 5. The number of alkyl halides is 5. The van der Waals surface area contributed by atoms with Gasteiger partial charge in [-0.15, -0.1) is 11.6 Å². The molecule has 2 aliphatic rings. The fourth-order valence-corrected chi connectivity index (χ4v) is 4.07. The van der Waals surface area contributed by atoms with Gasteiger partial charge in [0.15, 0.2) is 16.4 Å². The molecule has 1 aromatic rings. The van der Waals surface area contributed by atoms with Crippen molar-refractivity contribution in [3.8, 4) is 5.75 Å². The highest BCUT2D eigenvalue weighted by Crippen LogP contribution is 2.62. The van der Waals surface area contributed by atoms with Crippen LogP contribution in [0.4, 0.5) is 18.9 Å². The molecular weight excluding hydrogens is 432 g/mol. The van der Waals surface area contributed by atoms with Gasteiger partial charge in [-0.2, -0.15) is 8.78 Å². The molecule has 1 aromatic carbocycles. The van der Waals surface area contributed by atoms with Gasteiger partial charge in [-0.1, -0.05) is 23.2 Å². The molecule has 1 aliphatic carbocycles. The molecule has 5 nitrogen and oxygen atoms in total. The van der Waals surface area contributed by atoms with Crippen molar-refractivity contribution in [1.82, 2.24) is 4.90 Å². The number of anilines is 1. The van der Waals surface area contributed by atoms with Crippen molar-refractivity contribution in [3.05, 3.63) is 24.0 Å². The van der Waals surface area contributed by atoms with Crippen LogP contribution in [0.5, 0.6) is 5.75 Å². The molecule has 3 rings (SSSR count). The van der Waals surface area contributed by atoms with E-state index in [1.54, 1.807) is 0 Å². The third kappa shape index (κ3) is 3.54. The van der Waals surface area contributed by atoms with Gasteiger partial charge >= 0.3 is 6.61 Å². The molecule has 2 fully saturated rings. The van der Waals surface area contributed by atoms with Gasteiger partial charge in [-0.05, 0) is 18.6 Å². The monoisotopic (exact) mass is 444 g/mol. The molecule has 148 valence electrons. The summed E-state index contributed by atoms with van der Waals surface area (Å²) in [6.07, 6.45) is 0.332. The van der Waals surface area contributed by atoms with Crippen molar-refractivity contribution in [3.63, 3.8) is 0 Å². The van der Waals surface area contributed by atoms with Gasteiger partial charge in [0, 0.05) is 31.8 Å². The van der Waals surface area contributed by atoms with Crippen molar-refractivity contribution < 1.29 is 27.5 Å². The van der Waals surface area contributed by atoms with E-state index in [0.717, 1.165) is 12.1 Å². The molecule has 1 saturated carbocycles. The van der Waals surface area contributed by atoms with E-state index >= 15 is 0 Å². The Balaban J connectivity index is 1.76. The molecule has 0 radical (unpaired) electrons. The summed E-state index contributed by atoms with van der Waals surface area (Å²) in [7, 11) is 1.41. The van der Waals surface area contributed by atoms with Crippen LogP contribution in [0.2, 0.25) is 0 Å². The maximum absolute atomic E-state index is 13.6. The average Bonchev–Trinajstić information content (AvgIpc) is 2.90. The summed E-state index contributed by atoms with van der Waals surface area (Å²) in [6, 6.07) is 2.37. The van der Waals surface area contributed by atoms with Gasteiger partial charge in [-0.3, -0.25) is 9.59 Å². The summed E-state index contributed by atoms with van der Waals surface area (Å²) in [4.78, 5) is 26.2. The molecule has 1 aliphatic heterocycles. The van der Waals surface area contributed by atoms with Crippen molar-refractivity contribution in [2.45, 2.75) is 34.7 Å².